The number of rotatable bonds is 4. The summed E-state index contributed by atoms with van der Waals surface area (Å²) in [6.07, 6.45) is -0.437. The molecule has 0 unspecified atom stereocenters. The molecule has 0 atom stereocenters. The van der Waals surface area contributed by atoms with Crippen molar-refractivity contribution >= 4 is 29.1 Å². The SMILES string of the molecule is CC(C)(C)OC(=O)NCCNc1cc(Cl)ccc1N. The first-order valence-electron chi connectivity index (χ1n) is 6.04. The summed E-state index contributed by atoms with van der Waals surface area (Å²) in [6.45, 7) is 6.41. The molecule has 0 aliphatic rings. The number of halogens is 1. The van der Waals surface area contributed by atoms with Crippen LogP contribution in [0.5, 0.6) is 0 Å². The number of alkyl carbamates (subject to hydrolysis) is 1. The van der Waals surface area contributed by atoms with Crippen molar-refractivity contribution in [2.75, 3.05) is 24.1 Å². The van der Waals surface area contributed by atoms with Gasteiger partial charge in [0.1, 0.15) is 5.60 Å². The van der Waals surface area contributed by atoms with Gasteiger partial charge in [0.05, 0.1) is 11.4 Å². The average Bonchev–Trinajstić information content (AvgIpc) is 2.26. The van der Waals surface area contributed by atoms with Crippen LogP contribution in [-0.2, 0) is 4.74 Å². The van der Waals surface area contributed by atoms with Gasteiger partial charge < -0.3 is 21.1 Å². The minimum atomic E-state index is -0.491. The maximum Gasteiger partial charge on any atom is 0.407 e. The first kappa shape index (κ1) is 15.4. The molecule has 106 valence electrons. The first-order valence-corrected chi connectivity index (χ1v) is 6.41. The van der Waals surface area contributed by atoms with Crippen LogP contribution in [0, 0.1) is 0 Å². The van der Waals surface area contributed by atoms with Crippen molar-refractivity contribution in [3.63, 3.8) is 0 Å². The lowest BCUT2D eigenvalue weighted by molar-refractivity contribution is 0.0530. The fourth-order valence-corrected chi connectivity index (χ4v) is 1.53. The number of carbonyl (C=O) groups is 1. The van der Waals surface area contributed by atoms with Gasteiger partial charge in [-0.15, -0.1) is 0 Å². The van der Waals surface area contributed by atoms with Gasteiger partial charge in [0.25, 0.3) is 0 Å². The Morgan fingerprint density at radius 1 is 1.37 bits per heavy atom. The summed E-state index contributed by atoms with van der Waals surface area (Å²) in [5.74, 6) is 0. The largest absolute Gasteiger partial charge is 0.444 e. The van der Waals surface area contributed by atoms with Gasteiger partial charge >= 0.3 is 6.09 Å². The van der Waals surface area contributed by atoms with Crippen LogP contribution < -0.4 is 16.4 Å². The molecule has 1 aromatic carbocycles. The van der Waals surface area contributed by atoms with Crippen molar-refractivity contribution in [2.45, 2.75) is 26.4 Å². The van der Waals surface area contributed by atoms with Crippen molar-refractivity contribution < 1.29 is 9.53 Å². The molecule has 1 rings (SSSR count). The number of nitrogens with two attached hydrogens (primary N) is 1. The van der Waals surface area contributed by atoms with E-state index < -0.39 is 11.7 Å². The topological polar surface area (TPSA) is 76.4 Å². The predicted molar refractivity (Wildman–Crippen MR) is 78.6 cm³/mol. The fraction of sp³-hybridized carbons (Fsp3) is 0.462. The number of nitrogens with one attached hydrogen (secondary N) is 2. The molecular weight excluding hydrogens is 266 g/mol. The predicted octanol–water partition coefficient (Wildman–Crippen LogP) is 2.86. The van der Waals surface area contributed by atoms with E-state index in [1.165, 1.54) is 0 Å². The maximum atomic E-state index is 11.4. The molecule has 5 nitrogen and oxygen atoms in total. The highest BCUT2D eigenvalue weighted by atomic mass is 35.5. The minimum Gasteiger partial charge on any atom is -0.444 e. The van der Waals surface area contributed by atoms with Crippen LogP contribution in [-0.4, -0.2) is 24.8 Å². The van der Waals surface area contributed by atoms with Crippen LogP contribution in [0.3, 0.4) is 0 Å². The molecule has 0 spiro atoms. The lowest BCUT2D eigenvalue weighted by Gasteiger charge is -2.19. The molecule has 0 aliphatic heterocycles. The number of hydrogen-bond donors (Lipinski definition) is 3. The molecule has 0 heterocycles. The second kappa shape index (κ2) is 6.52. The van der Waals surface area contributed by atoms with Gasteiger partial charge in [0.2, 0.25) is 0 Å². The molecule has 0 saturated carbocycles. The average molecular weight is 286 g/mol. The smallest absolute Gasteiger partial charge is 0.407 e. The molecule has 4 N–H and O–H groups in total. The Balaban J connectivity index is 2.31. The summed E-state index contributed by atoms with van der Waals surface area (Å²) in [5, 5.41) is 6.35. The molecule has 0 fully saturated rings. The normalized spacial score (nSPS) is 10.9. The second-order valence-electron chi connectivity index (χ2n) is 5.09. The third kappa shape index (κ3) is 6.20. The van der Waals surface area contributed by atoms with Gasteiger partial charge in [-0.2, -0.15) is 0 Å². The maximum absolute atomic E-state index is 11.4. The monoisotopic (exact) mass is 285 g/mol. The van der Waals surface area contributed by atoms with Crippen molar-refractivity contribution in [1.29, 1.82) is 0 Å². The van der Waals surface area contributed by atoms with E-state index in [9.17, 15) is 4.79 Å². The number of carbonyl (C=O) groups excluding carboxylic acids is 1. The molecule has 0 saturated heterocycles. The van der Waals surface area contributed by atoms with E-state index in [-0.39, 0.29) is 0 Å². The zero-order chi connectivity index (χ0) is 14.5. The standard InChI is InChI=1S/C13H20ClN3O2/c1-13(2,3)19-12(18)17-7-6-16-11-8-9(14)4-5-10(11)15/h4-5,8,16H,6-7,15H2,1-3H3,(H,17,18). The number of nitrogen functional groups attached to an aromatic ring is 1. The van der Waals surface area contributed by atoms with Crippen molar-refractivity contribution in [1.82, 2.24) is 5.32 Å². The molecular formula is C13H20ClN3O2. The highest BCUT2D eigenvalue weighted by molar-refractivity contribution is 6.31. The van der Waals surface area contributed by atoms with E-state index in [0.717, 1.165) is 5.69 Å². The highest BCUT2D eigenvalue weighted by Gasteiger charge is 2.15. The fourth-order valence-electron chi connectivity index (χ4n) is 1.36. The van der Waals surface area contributed by atoms with Gasteiger partial charge in [-0.05, 0) is 39.0 Å². The number of anilines is 2. The Labute approximate surface area is 118 Å². The Bertz CT molecular complexity index is 444. The van der Waals surface area contributed by atoms with E-state index in [1.807, 2.05) is 20.8 Å². The summed E-state index contributed by atoms with van der Waals surface area (Å²) >= 11 is 5.87. The molecule has 0 aliphatic carbocycles. The number of ether oxygens (including phenoxy) is 1. The van der Waals surface area contributed by atoms with Crippen molar-refractivity contribution in [2.24, 2.45) is 0 Å². The summed E-state index contributed by atoms with van der Waals surface area (Å²) < 4.78 is 5.11. The van der Waals surface area contributed by atoms with Crippen LogP contribution in [0.25, 0.3) is 0 Å². The zero-order valence-electron chi connectivity index (χ0n) is 11.4. The third-order valence-electron chi connectivity index (χ3n) is 2.12. The highest BCUT2D eigenvalue weighted by Crippen LogP contribution is 2.22. The van der Waals surface area contributed by atoms with Gasteiger partial charge in [-0.25, -0.2) is 4.79 Å². The Hall–Kier alpha value is -1.62. The lowest BCUT2D eigenvalue weighted by Crippen LogP contribution is -2.35. The lowest BCUT2D eigenvalue weighted by atomic mass is 10.2. The summed E-state index contributed by atoms with van der Waals surface area (Å²) in [7, 11) is 0. The van der Waals surface area contributed by atoms with E-state index in [1.54, 1.807) is 18.2 Å². The van der Waals surface area contributed by atoms with E-state index in [0.29, 0.717) is 23.8 Å². The molecule has 0 bridgehead atoms. The quantitative estimate of drug-likeness (QED) is 0.587. The second-order valence-corrected chi connectivity index (χ2v) is 5.52. The molecule has 0 radical (unpaired) electrons. The Kier molecular flexibility index (Phi) is 5.30. The van der Waals surface area contributed by atoms with Gasteiger partial charge in [0, 0.05) is 18.1 Å². The first-order chi connectivity index (χ1) is 8.78. The Morgan fingerprint density at radius 3 is 2.68 bits per heavy atom. The molecule has 6 heteroatoms. The zero-order valence-corrected chi connectivity index (χ0v) is 12.2. The van der Waals surface area contributed by atoms with E-state index >= 15 is 0 Å². The Morgan fingerprint density at radius 2 is 2.05 bits per heavy atom. The van der Waals surface area contributed by atoms with Crippen LogP contribution in [0.1, 0.15) is 20.8 Å². The van der Waals surface area contributed by atoms with Crippen molar-refractivity contribution in [3.8, 4) is 0 Å². The molecule has 19 heavy (non-hydrogen) atoms. The van der Waals surface area contributed by atoms with Gasteiger partial charge in [0.15, 0.2) is 0 Å². The van der Waals surface area contributed by atoms with Gasteiger partial charge in [-0.3, -0.25) is 0 Å². The van der Waals surface area contributed by atoms with E-state index in [4.69, 9.17) is 22.1 Å². The van der Waals surface area contributed by atoms with Crippen LogP contribution >= 0.6 is 11.6 Å². The minimum absolute atomic E-state index is 0.431. The summed E-state index contributed by atoms with van der Waals surface area (Å²) in [5.41, 5.74) is 6.65. The molecule has 1 amide bonds. The summed E-state index contributed by atoms with van der Waals surface area (Å²) in [4.78, 5) is 11.4. The van der Waals surface area contributed by atoms with Crippen LogP contribution in [0.15, 0.2) is 18.2 Å². The van der Waals surface area contributed by atoms with Crippen LogP contribution in [0.4, 0.5) is 16.2 Å². The molecule has 0 aromatic heterocycles. The van der Waals surface area contributed by atoms with Crippen LogP contribution in [0.2, 0.25) is 5.02 Å². The number of benzene rings is 1. The number of amides is 1. The third-order valence-corrected chi connectivity index (χ3v) is 2.36. The van der Waals surface area contributed by atoms with Crippen molar-refractivity contribution in [3.05, 3.63) is 23.2 Å². The summed E-state index contributed by atoms with van der Waals surface area (Å²) in [6, 6.07) is 5.19. The number of hydrogen-bond acceptors (Lipinski definition) is 4. The molecule has 1 aromatic rings. The van der Waals surface area contributed by atoms with E-state index in [2.05, 4.69) is 10.6 Å². The van der Waals surface area contributed by atoms with Gasteiger partial charge in [-0.1, -0.05) is 11.6 Å².